The number of nitrogens with zero attached hydrogens (tertiary/aromatic N) is 1. The summed E-state index contributed by atoms with van der Waals surface area (Å²) in [6.07, 6.45) is 4.51. The van der Waals surface area contributed by atoms with Gasteiger partial charge in [0.25, 0.3) is 5.91 Å². The average Bonchev–Trinajstić information content (AvgIpc) is 2.60. The first-order chi connectivity index (χ1) is 7.95. The van der Waals surface area contributed by atoms with E-state index in [4.69, 9.17) is 0 Å². The first kappa shape index (κ1) is 14.0. The van der Waals surface area contributed by atoms with Gasteiger partial charge in [-0.15, -0.1) is 6.58 Å². The molecule has 0 spiro atoms. The van der Waals surface area contributed by atoms with Crippen molar-refractivity contribution in [1.82, 2.24) is 9.88 Å². The number of rotatable bonds is 5. The molecule has 4 heteroatoms. The Morgan fingerprint density at radius 3 is 2.76 bits per heavy atom. The highest BCUT2D eigenvalue weighted by Gasteiger charge is 2.16. The van der Waals surface area contributed by atoms with Crippen LogP contribution in [-0.2, 0) is 0 Å². The quantitative estimate of drug-likeness (QED) is 0.829. The second kappa shape index (κ2) is 6.05. The summed E-state index contributed by atoms with van der Waals surface area (Å²) in [7, 11) is 0. The first-order valence-electron chi connectivity index (χ1n) is 5.74. The van der Waals surface area contributed by atoms with Crippen LogP contribution in [0.1, 0.15) is 43.7 Å². The van der Waals surface area contributed by atoms with Crippen LogP contribution in [0.4, 0.5) is 0 Å². The molecule has 0 aliphatic rings. The molecule has 0 saturated heterocycles. The molecule has 0 aliphatic heterocycles. The number of nitrogens with one attached hydrogen (secondary N) is 1. The van der Waals surface area contributed by atoms with Crippen molar-refractivity contribution in [2.45, 2.75) is 39.3 Å². The largest absolute Gasteiger partial charge is 0.348 e. The molecule has 0 bridgehead atoms. The van der Waals surface area contributed by atoms with E-state index in [1.54, 1.807) is 0 Å². The normalized spacial score (nSPS) is 12.5. The summed E-state index contributed by atoms with van der Waals surface area (Å²) in [5.41, 5.74) is 0.683. The van der Waals surface area contributed by atoms with Gasteiger partial charge in [-0.1, -0.05) is 6.08 Å². The molecule has 3 nitrogen and oxygen atoms in total. The molecule has 94 valence electrons. The molecule has 1 unspecified atom stereocenters. The second-order valence-electron chi connectivity index (χ2n) is 4.44. The van der Waals surface area contributed by atoms with Gasteiger partial charge in [0.1, 0.15) is 5.69 Å². The fourth-order valence-corrected chi connectivity index (χ4v) is 2.10. The zero-order chi connectivity index (χ0) is 13.0. The molecular weight excluding hydrogens is 280 g/mol. The third-order valence-electron chi connectivity index (χ3n) is 2.50. The third kappa shape index (κ3) is 3.73. The lowest BCUT2D eigenvalue weighted by molar-refractivity contribution is 0.0929. The van der Waals surface area contributed by atoms with E-state index in [-0.39, 0.29) is 18.0 Å². The lowest BCUT2D eigenvalue weighted by Crippen LogP contribution is -2.33. The Morgan fingerprint density at radius 1 is 1.59 bits per heavy atom. The minimum absolute atomic E-state index is 0.0428. The fraction of sp³-hybridized carbons (Fsp3) is 0.462. The zero-order valence-electron chi connectivity index (χ0n) is 10.5. The van der Waals surface area contributed by atoms with Crippen molar-refractivity contribution in [3.8, 4) is 0 Å². The molecule has 0 fully saturated rings. The summed E-state index contributed by atoms with van der Waals surface area (Å²) >= 11 is 3.40. The van der Waals surface area contributed by atoms with E-state index in [2.05, 4.69) is 41.7 Å². The van der Waals surface area contributed by atoms with Crippen molar-refractivity contribution < 1.29 is 4.79 Å². The maximum Gasteiger partial charge on any atom is 0.268 e. The van der Waals surface area contributed by atoms with Crippen LogP contribution in [0.5, 0.6) is 0 Å². The Labute approximate surface area is 111 Å². The molecule has 1 rings (SSSR count). The summed E-state index contributed by atoms with van der Waals surface area (Å²) in [6.45, 7) is 9.74. The van der Waals surface area contributed by atoms with Crippen LogP contribution in [0, 0.1) is 0 Å². The Morgan fingerprint density at radius 2 is 2.24 bits per heavy atom. The van der Waals surface area contributed by atoms with Gasteiger partial charge in [-0.3, -0.25) is 4.79 Å². The van der Waals surface area contributed by atoms with Gasteiger partial charge in [0, 0.05) is 22.8 Å². The van der Waals surface area contributed by atoms with E-state index < -0.39 is 0 Å². The van der Waals surface area contributed by atoms with Gasteiger partial charge in [-0.05, 0) is 49.2 Å². The van der Waals surface area contributed by atoms with Crippen molar-refractivity contribution in [3.63, 3.8) is 0 Å². The van der Waals surface area contributed by atoms with Crippen LogP contribution in [0.3, 0.4) is 0 Å². The number of carbonyl (C=O) groups is 1. The van der Waals surface area contributed by atoms with Crippen molar-refractivity contribution in [3.05, 3.63) is 35.1 Å². The van der Waals surface area contributed by atoms with Crippen LogP contribution >= 0.6 is 15.9 Å². The summed E-state index contributed by atoms with van der Waals surface area (Å²) < 4.78 is 2.88. The van der Waals surface area contributed by atoms with Crippen molar-refractivity contribution in [2.75, 3.05) is 0 Å². The van der Waals surface area contributed by atoms with Crippen molar-refractivity contribution in [2.24, 2.45) is 0 Å². The van der Waals surface area contributed by atoms with Crippen LogP contribution in [0.25, 0.3) is 0 Å². The van der Waals surface area contributed by atoms with Crippen molar-refractivity contribution in [1.29, 1.82) is 0 Å². The molecule has 0 aliphatic carbocycles. The molecule has 1 amide bonds. The smallest absolute Gasteiger partial charge is 0.268 e. The maximum atomic E-state index is 12.1. The van der Waals surface area contributed by atoms with Gasteiger partial charge in [-0.25, -0.2) is 0 Å². The SMILES string of the molecule is C=CCC(C)NC(=O)c1cc(Br)cn1C(C)C. The lowest BCUT2D eigenvalue weighted by atomic mass is 10.2. The van der Waals surface area contributed by atoms with Gasteiger partial charge in [0.15, 0.2) is 0 Å². The molecule has 0 saturated carbocycles. The molecule has 1 aromatic heterocycles. The molecule has 1 N–H and O–H groups in total. The predicted octanol–water partition coefficient (Wildman–Crippen LogP) is 3.53. The van der Waals surface area contributed by atoms with E-state index >= 15 is 0 Å². The van der Waals surface area contributed by atoms with E-state index in [1.807, 2.05) is 29.8 Å². The van der Waals surface area contributed by atoms with Gasteiger partial charge in [0.05, 0.1) is 0 Å². The summed E-state index contributed by atoms with van der Waals surface area (Å²) in [6, 6.07) is 2.21. The summed E-state index contributed by atoms with van der Waals surface area (Å²) in [4.78, 5) is 12.1. The Kier molecular flexibility index (Phi) is 5.00. The van der Waals surface area contributed by atoms with Crippen LogP contribution in [0.15, 0.2) is 29.4 Å². The lowest BCUT2D eigenvalue weighted by Gasteiger charge is -2.15. The van der Waals surface area contributed by atoms with Crippen molar-refractivity contribution >= 4 is 21.8 Å². The highest BCUT2D eigenvalue weighted by molar-refractivity contribution is 9.10. The zero-order valence-corrected chi connectivity index (χ0v) is 12.1. The molecule has 1 aromatic rings. The van der Waals surface area contributed by atoms with Gasteiger partial charge < -0.3 is 9.88 Å². The Hall–Kier alpha value is -1.03. The second-order valence-corrected chi connectivity index (χ2v) is 5.36. The molecule has 1 heterocycles. The average molecular weight is 299 g/mol. The number of halogens is 1. The fourth-order valence-electron chi connectivity index (χ4n) is 1.66. The molecule has 0 radical (unpaired) electrons. The van der Waals surface area contributed by atoms with Gasteiger partial charge in [0.2, 0.25) is 0 Å². The van der Waals surface area contributed by atoms with Gasteiger partial charge >= 0.3 is 0 Å². The van der Waals surface area contributed by atoms with Crippen LogP contribution in [-0.4, -0.2) is 16.5 Å². The maximum absolute atomic E-state index is 12.1. The highest BCUT2D eigenvalue weighted by atomic mass is 79.9. The van der Waals surface area contributed by atoms with E-state index in [1.165, 1.54) is 0 Å². The third-order valence-corrected chi connectivity index (χ3v) is 2.94. The Balaban J connectivity index is 2.84. The number of hydrogen-bond acceptors (Lipinski definition) is 1. The summed E-state index contributed by atoms with van der Waals surface area (Å²) in [5, 5.41) is 2.95. The number of carbonyl (C=O) groups excluding carboxylic acids is 1. The van der Waals surface area contributed by atoms with E-state index in [9.17, 15) is 4.79 Å². The van der Waals surface area contributed by atoms with Crippen LogP contribution < -0.4 is 5.32 Å². The highest BCUT2D eigenvalue weighted by Crippen LogP contribution is 2.19. The summed E-state index contributed by atoms with van der Waals surface area (Å²) in [5.74, 6) is -0.0428. The van der Waals surface area contributed by atoms with E-state index in [0.29, 0.717) is 5.69 Å². The topological polar surface area (TPSA) is 34.0 Å². The van der Waals surface area contributed by atoms with Gasteiger partial charge in [-0.2, -0.15) is 0 Å². The number of amides is 1. The van der Waals surface area contributed by atoms with Crippen LogP contribution in [0.2, 0.25) is 0 Å². The molecular formula is C13H19BrN2O. The molecule has 1 atom stereocenters. The number of hydrogen-bond donors (Lipinski definition) is 1. The van der Waals surface area contributed by atoms with E-state index in [0.717, 1.165) is 10.9 Å². The monoisotopic (exact) mass is 298 g/mol. The first-order valence-corrected chi connectivity index (χ1v) is 6.54. The number of aromatic nitrogens is 1. The standard InChI is InChI=1S/C13H19BrN2O/c1-5-6-10(4)15-13(17)12-7-11(14)8-16(12)9(2)3/h5,7-10H,1,6H2,2-4H3,(H,15,17). The minimum atomic E-state index is -0.0428. The Bertz CT molecular complexity index is 410. The minimum Gasteiger partial charge on any atom is -0.348 e. The molecule has 0 aromatic carbocycles. The molecule has 17 heavy (non-hydrogen) atoms. The predicted molar refractivity (Wildman–Crippen MR) is 74.3 cm³/mol.